The van der Waals surface area contributed by atoms with E-state index >= 15 is 0 Å². The summed E-state index contributed by atoms with van der Waals surface area (Å²) < 4.78 is 22.6. The van der Waals surface area contributed by atoms with Gasteiger partial charge in [-0.2, -0.15) is 0 Å². The van der Waals surface area contributed by atoms with Crippen molar-refractivity contribution in [2.45, 2.75) is 13.3 Å². The highest BCUT2D eigenvalue weighted by atomic mass is 35.5. The predicted molar refractivity (Wildman–Crippen MR) is 58.2 cm³/mol. The fraction of sp³-hybridized carbons (Fsp3) is 0.364. The van der Waals surface area contributed by atoms with Gasteiger partial charge in [-0.3, -0.25) is 0 Å². The van der Waals surface area contributed by atoms with Gasteiger partial charge in [-0.15, -0.1) is 0 Å². The van der Waals surface area contributed by atoms with Crippen LogP contribution in [-0.4, -0.2) is 19.2 Å². The van der Waals surface area contributed by atoms with Crippen molar-refractivity contribution in [3.8, 4) is 5.75 Å². The van der Waals surface area contributed by atoms with E-state index in [1.54, 1.807) is 0 Å². The van der Waals surface area contributed by atoms with Crippen molar-refractivity contribution in [1.29, 1.82) is 0 Å². The molecule has 0 amide bonds. The molecule has 16 heavy (non-hydrogen) atoms. The van der Waals surface area contributed by atoms with E-state index in [4.69, 9.17) is 21.1 Å². The molecule has 0 radical (unpaired) electrons. The summed E-state index contributed by atoms with van der Waals surface area (Å²) in [5, 5.41) is 0.128. The van der Waals surface area contributed by atoms with Gasteiger partial charge in [-0.25, -0.2) is 9.18 Å². The monoisotopic (exact) mass is 246 g/mol. The van der Waals surface area contributed by atoms with E-state index in [9.17, 15) is 9.18 Å². The van der Waals surface area contributed by atoms with Crippen molar-refractivity contribution >= 4 is 17.6 Å². The van der Waals surface area contributed by atoms with Gasteiger partial charge in [0.05, 0.1) is 11.6 Å². The number of carbonyl (C=O) groups is 1. The van der Waals surface area contributed by atoms with E-state index in [0.29, 0.717) is 6.61 Å². The van der Waals surface area contributed by atoms with E-state index in [-0.39, 0.29) is 17.4 Å². The van der Waals surface area contributed by atoms with Crippen molar-refractivity contribution in [3.63, 3.8) is 0 Å². The minimum absolute atomic E-state index is 0.128. The number of ether oxygens (including phenoxy) is 2. The molecule has 0 spiro atoms. The Morgan fingerprint density at radius 3 is 2.88 bits per heavy atom. The number of esters is 1. The first-order chi connectivity index (χ1) is 7.63. The molecule has 1 aromatic rings. The molecular formula is C11H12ClFO3. The summed E-state index contributed by atoms with van der Waals surface area (Å²) in [6.07, 6.45) is 0.753. The molecule has 0 atom stereocenters. The number of rotatable bonds is 5. The van der Waals surface area contributed by atoms with E-state index in [1.807, 2.05) is 6.92 Å². The van der Waals surface area contributed by atoms with Crippen LogP contribution in [0, 0.1) is 5.82 Å². The Morgan fingerprint density at radius 2 is 2.25 bits per heavy atom. The van der Waals surface area contributed by atoms with Crippen LogP contribution in [0.15, 0.2) is 18.2 Å². The van der Waals surface area contributed by atoms with Crippen molar-refractivity contribution in [1.82, 2.24) is 0 Å². The van der Waals surface area contributed by atoms with Crippen molar-refractivity contribution in [3.05, 3.63) is 29.0 Å². The van der Waals surface area contributed by atoms with Gasteiger partial charge in [-0.1, -0.05) is 18.5 Å². The standard InChI is InChI=1S/C11H12ClFO3/c1-2-5-15-11(14)7-16-10-4-3-8(13)6-9(10)12/h3-4,6H,2,5,7H2,1H3. The largest absolute Gasteiger partial charge is 0.480 e. The van der Waals surface area contributed by atoms with Gasteiger partial charge >= 0.3 is 5.97 Å². The molecule has 0 aliphatic rings. The smallest absolute Gasteiger partial charge is 0.344 e. The van der Waals surface area contributed by atoms with Crippen LogP contribution >= 0.6 is 11.6 Å². The molecule has 0 aromatic heterocycles. The first-order valence-electron chi connectivity index (χ1n) is 4.87. The topological polar surface area (TPSA) is 35.5 Å². The van der Waals surface area contributed by atoms with E-state index in [2.05, 4.69) is 0 Å². The molecule has 0 N–H and O–H groups in total. The average molecular weight is 247 g/mol. The maximum absolute atomic E-state index is 12.7. The second-order valence-electron chi connectivity index (χ2n) is 3.08. The maximum Gasteiger partial charge on any atom is 0.344 e. The van der Waals surface area contributed by atoms with Crippen LogP contribution in [-0.2, 0) is 9.53 Å². The molecule has 0 saturated carbocycles. The Bertz CT molecular complexity index is 368. The summed E-state index contributed by atoms with van der Waals surface area (Å²) in [7, 11) is 0. The fourth-order valence-electron chi connectivity index (χ4n) is 0.987. The van der Waals surface area contributed by atoms with Crippen molar-refractivity contribution in [2.24, 2.45) is 0 Å². The average Bonchev–Trinajstić information content (AvgIpc) is 2.25. The van der Waals surface area contributed by atoms with Gasteiger partial charge in [0.25, 0.3) is 0 Å². The Kier molecular flexibility index (Phi) is 5.05. The Labute approximate surface area is 98.1 Å². The Morgan fingerprint density at radius 1 is 1.50 bits per heavy atom. The molecule has 88 valence electrons. The third-order valence-corrected chi connectivity index (χ3v) is 2.00. The lowest BCUT2D eigenvalue weighted by Crippen LogP contribution is -2.15. The van der Waals surface area contributed by atoms with Crippen molar-refractivity contribution < 1.29 is 18.7 Å². The minimum atomic E-state index is -0.470. The molecule has 5 heteroatoms. The molecule has 0 unspecified atom stereocenters. The Balaban J connectivity index is 2.45. The molecular weight excluding hydrogens is 235 g/mol. The highest BCUT2D eigenvalue weighted by Gasteiger charge is 2.07. The summed E-state index contributed by atoms with van der Waals surface area (Å²) in [6, 6.07) is 3.69. The molecule has 0 aliphatic carbocycles. The van der Waals surface area contributed by atoms with E-state index in [0.717, 1.165) is 12.5 Å². The normalized spacial score (nSPS) is 9.94. The zero-order chi connectivity index (χ0) is 12.0. The fourth-order valence-corrected chi connectivity index (χ4v) is 1.21. The van der Waals surface area contributed by atoms with Gasteiger partial charge in [0.15, 0.2) is 6.61 Å². The number of hydrogen-bond donors (Lipinski definition) is 0. The summed E-state index contributed by atoms with van der Waals surface area (Å²) in [6.45, 7) is 2.02. The third-order valence-electron chi connectivity index (χ3n) is 1.71. The van der Waals surface area contributed by atoms with Crippen LogP contribution in [0.5, 0.6) is 5.75 Å². The summed E-state index contributed by atoms with van der Waals surface area (Å²) in [5.74, 6) is -0.662. The van der Waals surface area contributed by atoms with E-state index < -0.39 is 11.8 Å². The summed E-state index contributed by atoms with van der Waals surface area (Å²) in [5.41, 5.74) is 0. The number of benzene rings is 1. The third kappa shape index (κ3) is 4.06. The number of carbonyl (C=O) groups excluding carboxylic acids is 1. The molecule has 0 fully saturated rings. The molecule has 0 aliphatic heterocycles. The van der Waals surface area contributed by atoms with Crippen LogP contribution in [0.4, 0.5) is 4.39 Å². The zero-order valence-electron chi connectivity index (χ0n) is 8.83. The number of hydrogen-bond acceptors (Lipinski definition) is 3. The van der Waals surface area contributed by atoms with Gasteiger partial charge < -0.3 is 9.47 Å². The van der Waals surface area contributed by atoms with Crippen LogP contribution in [0.1, 0.15) is 13.3 Å². The Hall–Kier alpha value is -1.29. The zero-order valence-corrected chi connectivity index (χ0v) is 9.59. The maximum atomic E-state index is 12.7. The van der Waals surface area contributed by atoms with Crippen molar-refractivity contribution in [2.75, 3.05) is 13.2 Å². The first kappa shape index (κ1) is 12.8. The molecule has 0 heterocycles. The van der Waals surface area contributed by atoms with Gasteiger partial charge in [0.2, 0.25) is 0 Å². The second-order valence-corrected chi connectivity index (χ2v) is 3.49. The highest BCUT2D eigenvalue weighted by Crippen LogP contribution is 2.24. The molecule has 1 aromatic carbocycles. The number of halogens is 2. The lowest BCUT2D eigenvalue weighted by Gasteiger charge is -2.07. The first-order valence-corrected chi connectivity index (χ1v) is 5.24. The summed E-state index contributed by atoms with van der Waals surface area (Å²) >= 11 is 5.70. The molecule has 1 rings (SSSR count). The lowest BCUT2D eigenvalue weighted by molar-refractivity contribution is -0.146. The SMILES string of the molecule is CCCOC(=O)COc1ccc(F)cc1Cl. The van der Waals surface area contributed by atoms with Crippen LogP contribution < -0.4 is 4.74 Å². The summed E-state index contributed by atoms with van der Waals surface area (Å²) in [4.78, 5) is 11.1. The highest BCUT2D eigenvalue weighted by molar-refractivity contribution is 6.32. The second kappa shape index (κ2) is 6.33. The van der Waals surface area contributed by atoms with Crippen LogP contribution in [0.3, 0.4) is 0 Å². The van der Waals surface area contributed by atoms with Gasteiger partial charge in [0.1, 0.15) is 11.6 Å². The molecule has 0 saturated heterocycles. The molecule has 3 nitrogen and oxygen atoms in total. The van der Waals surface area contributed by atoms with Crippen LogP contribution in [0.25, 0.3) is 0 Å². The van der Waals surface area contributed by atoms with Crippen LogP contribution in [0.2, 0.25) is 5.02 Å². The van der Waals surface area contributed by atoms with E-state index in [1.165, 1.54) is 12.1 Å². The van der Waals surface area contributed by atoms with Gasteiger partial charge in [0, 0.05) is 0 Å². The van der Waals surface area contributed by atoms with Gasteiger partial charge in [-0.05, 0) is 24.6 Å². The quantitative estimate of drug-likeness (QED) is 0.750. The predicted octanol–water partition coefficient (Wildman–Crippen LogP) is 2.81. The minimum Gasteiger partial charge on any atom is -0.480 e. The lowest BCUT2D eigenvalue weighted by atomic mass is 10.3. The molecule has 0 bridgehead atoms.